The molecule has 0 saturated carbocycles. The van der Waals surface area contributed by atoms with Gasteiger partial charge in [0.25, 0.3) is 0 Å². The average molecular weight is 166 g/mol. The molecule has 0 saturated heterocycles. The largest absolute Gasteiger partial charge is 0.349 e. The van der Waals surface area contributed by atoms with Crippen molar-refractivity contribution in [3.63, 3.8) is 0 Å². The number of aromatic amines is 1. The number of rotatable bonds is 3. The molecule has 0 aliphatic carbocycles. The standard InChI is InChI=1S/C7H11N5/c1-12(2)7-10-5-6(11-7)9-4-3-8/h3-5,8H,1-2H3,(H,10,11)/p+1. The van der Waals surface area contributed by atoms with Crippen LogP contribution in [-0.4, -0.2) is 36.5 Å². The number of nitrogens with one attached hydrogen (secondary N) is 1. The van der Waals surface area contributed by atoms with Gasteiger partial charge in [0.05, 0.1) is 12.4 Å². The minimum atomic E-state index is 0.695. The third-order valence-electron chi connectivity index (χ3n) is 1.27. The molecular weight excluding hydrogens is 154 g/mol. The predicted octanol–water partition coefficient (Wildman–Crippen LogP) is -0.992. The average Bonchev–Trinajstić information content (AvgIpc) is 2.48. The number of imidazole rings is 1. The van der Waals surface area contributed by atoms with Gasteiger partial charge in [-0.2, -0.15) is 0 Å². The van der Waals surface area contributed by atoms with E-state index in [1.807, 2.05) is 19.0 Å². The molecule has 64 valence electrons. The molecular formula is C7H12N5+. The number of H-pyrrole nitrogens is 1. The van der Waals surface area contributed by atoms with Gasteiger partial charge in [-0.25, -0.2) is 9.98 Å². The Morgan fingerprint density at radius 2 is 2.42 bits per heavy atom. The third-order valence-corrected chi connectivity index (χ3v) is 1.27. The van der Waals surface area contributed by atoms with Gasteiger partial charge in [0.15, 0.2) is 12.0 Å². The van der Waals surface area contributed by atoms with Crippen LogP contribution in [-0.2, 0) is 0 Å². The molecule has 3 N–H and O–H groups in total. The normalized spacial score (nSPS) is 10.5. The second-order valence-electron chi connectivity index (χ2n) is 2.46. The monoisotopic (exact) mass is 166 g/mol. The highest BCUT2D eigenvalue weighted by Gasteiger charge is 1.98. The summed E-state index contributed by atoms with van der Waals surface area (Å²) in [6, 6.07) is 0. The molecule has 1 aromatic rings. The molecule has 0 aliphatic heterocycles. The molecule has 0 bridgehead atoms. The molecule has 0 spiro atoms. The Kier molecular flexibility index (Phi) is 2.57. The maximum absolute atomic E-state index is 5.12. The van der Waals surface area contributed by atoms with Crippen molar-refractivity contribution in [3.8, 4) is 0 Å². The molecule has 1 rings (SSSR count). The van der Waals surface area contributed by atoms with Crippen LogP contribution in [0.3, 0.4) is 0 Å². The quantitative estimate of drug-likeness (QED) is 0.566. The highest BCUT2D eigenvalue weighted by Crippen LogP contribution is 2.11. The fourth-order valence-corrected chi connectivity index (χ4v) is 0.718. The van der Waals surface area contributed by atoms with E-state index in [4.69, 9.17) is 5.41 Å². The van der Waals surface area contributed by atoms with Crippen LogP contribution in [0.1, 0.15) is 0 Å². The van der Waals surface area contributed by atoms with Crippen LogP contribution < -0.4 is 10.3 Å². The zero-order chi connectivity index (χ0) is 8.97. The van der Waals surface area contributed by atoms with E-state index >= 15 is 0 Å². The number of hydrogen-bond acceptors (Lipinski definition) is 3. The van der Waals surface area contributed by atoms with Gasteiger partial charge in [-0.05, 0) is 0 Å². The fourth-order valence-electron chi connectivity index (χ4n) is 0.718. The van der Waals surface area contributed by atoms with Crippen molar-refractivity contribution >= 4 is 24.2 Å². The van der Waals surface area contributed by atoms with Gasteiger partial charge in [0, 0.05) is 14.1 Å². The van der Waals surface area contributed by atoms with E-state index in [2.05, 4.69) is 15.0 Å². The second kappa shape index (κ2) is 3.66. The number of nitrogens with two attached hydrogens (primary N) is 1. The Hall–Kier alpha value is -1.65. The van der Waals surface area contributed by atoms with Crippen LogP contribution >= 0.6 is 0 Å². The molecule has 0 amide bonds. The van der Waals surface area contributed by atoms with Crippen molar-refractivity contribution in [2.24, 2.45) is 4.99 Å². The van der Waals surface area contributed by atoms with E-state index in [0.29, 0.717) is 5.82 Å². The van der Waals surface area contributed by atoms with Crippen molar-refractivity contribution in [3.05, 3.63) is 6.20 Å². The maximum atomic E-state index is 5.12. The zero-order valence-corrected chi connectivity index (χ0v) is 7.15. The van der Waals surface area contributed by atoms with Crippen molar-refractivity contribution in [2.45, 2.75) is 0 Å². The second-order valence-corrected chi connectivity index (χ2v) is 2.46. The summed E-state index contributed by atoms with van der Waals surface area (Å²) < 4.78 is 0. The van der Waals surface area contributed by atoms with Crippen LogP contribution in [0, 0.1) is 0 Å². The summed E-state index contributed by atoms with van der Waals surface area (Å²) in [6.07, 6.45) is 4.53. The van der Waals surface area contributed by atoms with Crippen LogP contribution in [0.5, 0.6) is 0 Å². The number of hydrogen-bond donors (Lipinski definition) is 2. The number of nitrogens with zero attached hydrogens (tertiary/aromatic N) is 3. The molecule has 12 heavy (non-hydrogen) atoms. The predicted molar refractivity (Wildman–Crippen MR) is 49.1 cm³/mol. The van der Waals surface area contributed by atoms with Crippen LogP contribution in [0.25, 0.3) is 0 Å². The van der Waals surface area contributed by atoms with Crippen LogP contribution in [0.2, 0.25) is 0 Å². The summed E-state index contributed by atoms with van der Waals surface area (Å²) in [4.78, 5) is 12.9. The third kappa shape index (κ3) is 1.91. The summed E-state index contributed by atoms with van der Waals surface area (Å²) >= 11 is 0. The summed E-state index contributed by atoms with van der Waals surface area (Å²) in [6.45, 7) is 0. The molecule has 0 fully saturated rings. The maximum Gasteiger partial charge on any atom is 0.203 e. The lowest BCUT2D eigenvalue weighted by Gasteiger charge is -2.05. The SMILES string of the molecule is CN(C)c1ncc(N=CC=[NH2+])[nH]1. The Bertz CT molecular complexity index is 286. The number of anilines is 1. The minimum Gasteiger partial charge on any atom is -0.349 e. The first-order valence-corrected chi connectivity index (χ1v) is 3.54. The van der Waals surface area contributed by atoms with E-state index in [1.54, 1.807) is 6.20 Å². The van der Waals surface area contributed by atoms with E-state index in [9.17, 15) is 0 Å². The lowest BCUT2D eigenvalue weighted by atomic mass is 10.7. The van der Waals surface area contributed by atoms with E-state index in [1.165, 1.54) is 12.4 Å². The summed E-state index contributed by atoms with van der Waals surface area (Å²) in [5.74, 6) is 1.47. The van der Waals surface area contributed by atoms with Gasteiger partial charge in [-0.1, -0.05) is 0 Å². The van der Waals surface area contributed by atoms with Gasteiger partial charge < -0.3 is 9.88 Å². The Morgan fingerprint density at radius 1 is 1.67 bits per heavy atom. The highest BCUT2D eigenvalue weighted by atomic mass is 15.2. The smallest absolute Gasteiger partial charge is 0.203 e. The molecule has 5 nitrogen and oxygen atoms in total. The Morgan fingerprint density at radius 3 is 2.92 bits per heavy atom. The molecule has 1 aromatic heterocycles. The molecule has 0 aromatic carbocycles. The summed E-state index contributed by atoms with van der Waals surface area (Å²) in [7, 11) is 3.81. The van der Waals surface area contributed by atoms with Gasteiger partial charge >= 0.3 is 0 Å². The van der Waals surface area contributed by atoms with Crippen molar-refractivity contribution in [1.29, 1.82) is 0 Å². The highest BCUT2D eigenvalue weighted by molar-refractivity contribution is 6.13. The molecule has 5 heteroatoms. The van der Waals surface area contributed by atoms with Crippen molar-refractivity contribution in [2.75, 3.05) is 19.0 Å². The first-order chi connectivity index (χ1) is 5.74. The van der Waals surface area contributed by atoms with Gasteiger partial charge in [-0.3, -0.25) is 5.41 Å². The van der Waals surface area contributed by atoms with E-state index in [-0.39, 0.29) is 0 Å². The lowest BCUT2D eigenvalue weighted by molar-refractivity contribution is -0.102. The molecule has 0 atom stereocenters. The van der Waals surface area contributed by atoms with Gasteiger partial charge in [0.1, 0.15) is 0 Å². The number of aromatic nitrogens is 2. The first kappa shape index (κ1) is 8.45. The first-order valence-electron chi connectivity index (χ1n) is 3.54. The molecule has 0 aliphatic rings. The molecule has 0 radical (unpaired) electrons. The van der Waals surface area contributed by atoms with Gasteiger partial charge in [-0.15, -0.1) is 0 Å². The minimum absolute atomic E-state index is 0.695. The molecule has 1 heterocycles. The number of aliphatic imine (C=N–C) groups is 1. The summed E-state index contributed by atoms with van der Waals surface area (Å²) in [5, 5.41) is 5.12. The molecule has 0 unspecified atom stereocenters. The zero-order valence-electron chi connectivity index (χ0n) is 7.15. The van der Waals surface area contributed by atoms with Crippen molar-refractivity contribution in [1.82, 2.24) is 9.97 Å². The lowest BCUT2D eigenvalue weighted by Crippen LogP contribution is -2.29. The Balaban J connectivity index is 2.77. The van der Waals surface area contributed by atoms with E-state index in [0.717, 1.165) is 5.95 Å². The topological polar surface area (TPSA) is 69.9 Å². The van der Waals surface area contributed by atoms with Crippen LogP contribution in [0.4, 0.5) is 11.8 Å². The van der Waals surface area contributed by atoms with Gasteiger partial charge in [0.2, 0.25) is 5.95 Å². The Labute approximate surface area is 70.7 Å². The van der Waals surface area contributed by atoms with Crippen LogP contribution in [0.15, 0.2) is 11.2 Å². The summed E-state index contributed by atoms with van der Waals surface area (Å²) in [5.41, 5.74) is 0. The fraction of sp³-hybridized carbons (Fsp3) is 0.286. The van der Waals surface area contributed by atoms with E-state index < -0.39 is 0 Å². The van der Waals surface area contributed by atoms with Crippen molar-refractivity contribution < 1.29 is 5.41 Å².